The number of nitrogens with zero attached hydrogens (tertiary/aromatic N) is 2. The van der Waals surface area contributed by atoms with E-state index < -0.39 is 0 Å². The van der Waals surface area contributed by atoms with E-state index in [0.29, 0.717) is 0 Å². The Balaban J connectivity index is 2.41. The number of rotatable bonds is 0. The van der Waals surface area contributed by atoms with Gasteiger partial charge in [0.2, 0.25) is 0 Å². The lowest BCUT2D eigenvalue weighted by Crippen LogP contribution is -2.14. The molecule has 88 valence electrons. The van der Waals surface area contributed by atoms with E-state index in [4.69, 9.17) is 5.21 Å². The van der Waals surface area contributed by atoms with Gasteiger partial charge in [0.15, 0.2) is 0 Å². The van der Waals surface area contributed by atoms with Crippen molar-refractivity contribution in [1.82, 2.24) is 4.57 Å². The van der Waals surface area contributed by atoms with Crippen LogP contribution in [0.3, 0.4) is 0 Å². The van der Waals surface area contributed by atoms with Crippen LogP contribution in [0.4, 0.5) is 0 Å². The van der Waals surface area contributed by atoms with Crippen LogP contribution in [-0.4, -0.2) is 15.5 Å². The number of aromatic nitrogens is 1. The molecule has 1 aliphatic carbocycles. The van der Waals surface area contributed by atoms with E-state index in [0.717, 1.165) is 30.7 Å². The predicted octanol–water partition coefficient (Wildman–Crippen LogP) is 3.00. The van der Waals surface area contributed by atoms with E-state index >= 15 is 0 Å². The van der Waals surface area contributed by atoms with Crippen molar-refractivity contribution in [3.63, 3.8) is 0 Å². The van der Waals surface area contributed by atoms with E-state index in [-0.39, 0.29) is 0 Å². The molecule has 0 fully saturated rings. The first kappa shape index (κ1) is 10.4. The topological polar surface area (TPSA) is 37.5 Å². The molecule has 0 bridgehead atoms. The summed E-state index contributed by atoms with van der Waals surface area (Å²) in [7, 11) is 2.05. The molecule has 3 rings (SSSR count). The lowest BCUT2D eigenvalue weighted by Gasteiger charge is -2.14. The van der Waals surface area contributed by atoms with Gasteiger partial charge in [-0.05, 0) is 43.9 Å². The molecule has 1 aliphatic rings. The fourth-order valence-corrected chi connectivity index (χ4v) is 2.90. The summed E-state index contributed by atoms with van der Waals surface area (Å²) in [5.41, 5.74) is 5.77. The summed E-state index contributed by atoms with van der Waals surface area (Å²) in [6.45, 7) is 2.11. The fraction of sp³-hybridized carbons (Fsp3) is 0.357. The van der Waals surface area contributed by atoms with Gasteiger partial charge in [0.25, 0.3) is 0 Å². The predicted molar refractivity (Wildman–Crippen MR) is 68.9 cm³/mol. The molecular weight excluding hydrogens is 212 g/mol. The SMILES string of the molecule is Cc1ccc2c(c1)c1c(n2C)/C(=N/O)CCC1. The Labute approximate surface area is 100 Å². The van der Waals surface area contributed by atoms with Gasteiger partial charge >= 0.3 is 0 Å². The molecule has 0 amide bonds. The minimum absolute atomic E-state index is 0.822. The molecule has 0 saturated carbocycles. The molecule has 3 heteroatoms. The normalized spacial score (nSPS) is 17.6. The summed E-state index contributed by atoms with van der Waals surface area (Å²) < 4.78 is 2.15. The van der Waals surface area contributed by atoms with Crippen LogP contribution in [-0.2, 0) is 13.5 Å². The van der Waals surface area contributed by atoms with Crippen LogP contribution in [0.2, 0.25) is 0 Å². The van der Waals surface area contributed by atoms with Crippen LogP contribution in [0.1, 0.15) is 29.7 Å². The fourth-order valence-electron chi connectivity index (χ4n) is 2.90. The van der Waals surface area contributed by atoms with Crippen molar-refractivity contribution in [2.24, 2.45) is 12.2 Å². The quantitative estimate of drug-likeness (QED) is 0.546. The van der Waals surface area contributed by atoms with Gasteiger partial charge in [-0.1, -0.05) is 16.8 Å². The van der Waals surface area contributed by atoms with Crippen LogP contribution >= 0.6 is 0 Å². The Morgan fingerprint density at radius 1 is 1.29 bits per heavy atom. The monoisotopic (exact) mass is 228 g/mol. The van der Waals surface area contributed by atoms with Gasteiger partial charge in [-0.15, -0.1) is 0 Å². The highest BCUT2D eigenvalue weighted by Crippen LogP contribution is 2.32. The summed E-state index contributed by atoms with van der Waals surface area (Å²) in [5, 5.41) is 13.9. The molecular formula is C14H16N2O. The smallest absolute Gasteiger partial charge is 0.103 e. The Morgan fingerprint density at radius 3 is 2.88 bits per heavy atom. The minimum Gasteiger partial charge on any atom is -0.411 e. The molecule has 1 heterocycles. The van der Waals surface area contributed by atoms with Gasteiger partial charge in [0.05, 0.1) is 5.69 Å². The van der Waals surface area contributed by atoms with Crippen molar-refractivity contribution in [1.29, 1.82) is 0 Å². The number of fused-ring (bicyclic) bond motifs is 3. The van der Waals surface area contributed by atoms with Crippen molar-refractivity contribution >= 4 is 16.6 Å². The van der Waals surface area contributed by atoms with E-state index in [1.165, 1.54) is 22.0 Å². The van der Waals surface area contributed by atoms with Crippen LogP contribution in [0.5, 0.6) is 0 Å². The third kappa shape index (κ3) is 1.38. The second-order valence-corrected chi connectivity index (χ2v) is 4.81. The average Bonchev–Trinajstić information content (AvgIpc) is 2.63. The highest BCUT2D eigenvalue weighted by Gasteiger charge is 2.23. The molecule has 17 heavy (non-hydrogen) atoms. The standard InChI is InChI=1S/C14H16N2O/c1-9-6-7-13-11(8-9)10-4-3-5-12(15-17)14(10)16(13)2/h6-8,17H,3-5H2,1-2H3/b15-12+. The highest BCUT2D eigenvalue weighted by atomic mass is 16.4. The van der Waals surface area contributed by atoms with E-state index in [1.807, 2.05) is 7.05 Å². The van der Waals surface area contributed by atoms with Gasteiger partial charge in [-0.25, -0.2) is 0 Å². The van der Waals surface area contributed by atoms with Crippen molar-refractivity contribution in [2.45, 2.75) is 26.2 Å². The molecule has 0 atom stereocenters. The first-order valence-electron chi connectivity index (χ1n) is 6.01. The molecule has 0 radical (unpaired) electrons. The van der Waals surface area contributed by atoms with Crippen LogP contribution in [0.25, 0.3) is 10.9 Å². The summed E-state index contributed by atoms with van der Waals surface area (Å²) in [5.74, 6) is 0. The maximum absolute atomic E-state index is 9.12. The number of oxime groups is 1. The number of hydrogen-bond donors (Lipinski definition) is 1. The third-order valence-electron chi connectivity index (χ3n) is 3.69. The van der Waals surface area contributed by atoms with Crippen LogP contribution in [0, 0.1) is 6.92 Å². The number of benzene rings is 1. The van der Waals surface area contributed by atoms with Gasteiger partial charge in [0.1, 0.15) is 5.71 Å². The molecule has 1 aromatic heterocycles. The second kappa shape index (κ2) is 3.62. The zero-order valence-electron chi connectivity index (χ0n) is 10.2. The van der Waals surface area contributed by atoms with Crippen LogP contribution in [0.15, 0.2) is 23.4 Å². The summed E-state index contributed by atoms with van der Waals surface area (Å²) in [6, 6.07) is 6.51. The zero-order chi connectivity index (χ0) is 12.0. The molecule has 2 aromatic rings. The van der Waals surface area contributed by atoms with Gasteiger partial charge in [-0.3, -0.25) is 0 Å². The molecule has 0 aliphatic heterocycles. The van der Waals surface area contributed by atoms with E-state index in [1.54, 1.807) is 0 Å². The van der Waals surface area contributed by atoms with Crippen LogP contribution < -0.4 is 0 Å². The summed E-state index contributed by atoms with van der Waals surface area (Å²) >= 11 is 0. The van der Waals surface area contributed by atoms with Gasteiger partial charge in [0, 0.05) is 18.0 Å². The lowest BCUT2D eigenvalue weighted by atomic mass is 9.93. The highest BCUT2D eigenvalue weighted by molar-refractivity contribution is 6.06. The molecule has 0 unspecified atom stereocenters. The number of aryl methyl sites for hydroxylation is 3. The molecule has 1 N–H and O–H groups in total. The summed E-state index contributed by atoms with van der Waals surface area (Å²) in [4.78, 5) is 0. The van der Waals surface area contributed by atoms with Crippen molar-refractivity contribution in [2.75, 3.05) is 0 Å². The van der Waals surface area contributed by atoms with E-state index in [9.17, 15) is 0 Å². The van der Waals surface area contributed by atoms with Crippen molar-refractivity contribution < 1.29 is 5.21 Å². The Kier molecular flexibility index (Phi) is 2.21. The Bertz CT molecular complexity index is 623. The second-order valence-electron chi connectivity index (χ2n) is 4.81. The third-order valence-corrected chi connectivity index (χ3v) is 3.69. The molecule has 3 nitrogen and oxygen atoms in total. The van der Waals surface area contributed by atoms with Gasteiger partial charge in [-0.2, -0.15) is 0 Å². The molecule has 0 saturated heterocycles. The Hall–Kier alpha value is -1.77. The minimum atomic E-state index is 0.822. The van der Waals surface area contributed by atoms with Crippen molar-refractivity contribution in [3.05, 3.63) is 35.0 Å². The first-order chi connectivity index (χ1) is 8.22. The average molecular weight is 228 g/mol. The Morgan fingerprint density at radius 2 is 2.12 bits per heavy atom. The molecule has 1 aromatic carbocycles. The maximum atomic E-state index is 9.12. The van der Waals surface area contributed by atoms with E-state index in [2.05, 4.69) is 34.8 Å². The lowest BCUT2D eigenvalue weighted by molar-refractivity contribution is 0.317. The molecule has 0 spiro atoms. The maximum Gasteiger partial charge on any atom is 0.103 e. The van der Waals surface area contributed by atoms with Gasteiger partial charge < -0.3 is 9.77 Å². The first-order valence-corrected chi connectivity index (χ1v) is 6.01. The number of hydrogen-bond acceptors (Lipinski definition) is 2. The summed E-state index contributed by atoms with van der Waals surface area (Å²) in [6.07, 6.45) is 3.02. The largest absolute Gasteiger partial charge is 0.411 e. The zero-order valence-corrected chi connectivity index (χ0v) is 10.2. The van der Waals surface area contributed by atoms with Crippen molar-refractivity contribution in [3.8, 4) is 0 Å².